The van der Waals surface area contributed by atoms with E-state index < -0.39 is 0 Å². The molecule has 0 aromatic heterocycles. The minimum Gasteiger partial charge on any atom is -0.447 e. The number of hydrogen-bond acceptors (Lipinski definition) is 2. The average molecular weight is 157 g/mol. The standard InChI is InChI=1S/C8H15NO2/c1-4-8(6(2)3)5-11-7(10)9-8/h6H,4-5H2,1-3H3,(H,9,10). The molecular weight excluding hydrogens is 142 g/mol. The Hall–Kier alpha value is -0.730. The molecule has 1 amide bonds. The molecule has 0 radical (unpaired) electrons. The fourth-order valence-corrected chi connectivity index (χ4v) is 1.38. The van der Waals surface area contributed by atoms with Gasteiger partial charge in [-0.25, -0.2) is 4.79 Å². The van der Waals surface area contributed by atoms with Crippen LogP contribution in [0, 0.1) is 5.92 Å². The molecule has 1 heterocycles. The van der Waals surface area contributed by atoms with Gasteiger partial charge in [0.15, 0.2) is 0 Å². The van der Waals surface area contributed by atoms with E-state index in [0.29, 0.717) is 12.5 Å². The fourth-order valence-electron chi connectivity index (χ4n) is 1.38. The van der Waals surface area contributed by atoms with Gasteiger partial charge in [-0.2, -0.15) is 0 Å². The molecule has 1 saturated heterocycles. The van der Waals surface area contributed by atoms with Crippen LogP contribution in [0.4, 0.5) is 4.79 Å². The lowest BCUT2D eigenvalue weighted by atomic mass is 9.85. The van der Waals surface area contributed by atoms with Crippen molar-refractivity contribution in [1.82, 2.24) is 5.32 Å². The second-order valence-corrected chi connectivity index (χ2v) is 3.37. The Balaban J connectivity index is 2.70. The SMILES string of the molecule is CCC1(C(C)C)COC(=O)N1. The highest BCUT2D eigenvalue weighted by Crippen LogP contribution is 2.25. The van der Waals surface area contributed by atoms with Gasteiger partial charge in [-0.3, -0.25) is 0 Å². The van der Waals surface area contributed by atoms with Crippen LogP contribution in [-0.2, 0) is 4.74 Å². The summed E-state index contributed by atoms with van der Waals surface area (Å²) in [4.78, 5) is 10.8. The maximum absolute atomic E-state index is 10.8. The molecule has 1 rings (SSSR count). The van der Waals surface area contributed by atoms with Crippen LogP contribution in [0.1, 0.15) is 27.2 Å². The van der Waals surface area contributed by atoms with E-state index in [4.69, 9.17) is 4.74 Å². The third-order valence-corrected chi connectivity index (χ3v) is 2.55. The van der Waals surface area contributed by atoms with Gasteiger partial charge in [0.1, 0.15) is 6.61 Å². The molecule has 0 saturated carbocycles. The van der Waals surface area contributed by atoms with Gasteiger partial charge in [-0.15, -0.1) is 0 Å². The molecule has 0 aliphatic carbocycles. The number of alkyl carbamates (subject to hydrolysis) is 1. The predicted molar refractivity (Wildman–Crippen MR) is 42.3 cm³/mol. The van der Waals surface area contributed by atoms with E-state index in [9.17, 15) is 4.79 Å². The minimum absolute atomic E-state index is 0.114. The molecule has 0 aromatic rings. The highest BCUT2D eigenvalue weighted by molar-refractivity contribution is 5.70. The van der Waals surface area contributed by atoms with Crippen LogP contribution in [-0.4, -0.2) is 18.2 Å². The number of amides is 1. The molecule has 1 aliphatic heterocycles. The average Bonchev–Trinajstić information content (AvgIpc) is 2.33. The van der Waals surface area contributed by atoms with Crippen LogP contribution in [0.3, 0.4) is 0 Å². The Morgan fingerprint density at radius 2 is 2.36 bits per heavy atom. The first-order chi connectivity index (χ1) is 5.10. The van der Waals surface area contributed by atoms with E-state index in [2.05, 4.69) is 26.1 Å². The summed E-state index contributed by atoms with van der Waals surface area (Å²) in [5, 5.41) is 2.86. The van der Waals surface area contributed by atoms with Gasteiger partial charge in [0, 0.05) is 0 Å². The molecule has 1 unspecified atom stereocenters. The predicted octanol–water partition coefficient (Wildman–Crippen LogP) is 1.53. The quantitative estimate of drug-likeness (QED) is 0.660. The molecule has 0 bridgehead atoms. The van der Waals surface area contributed by atoms with Crippen molar-refractivity contribution < 1.29 is 9.53 Å². The summed E-state index contributed by atoms with van der Waals surface area (Å²) in [6.45, 7) is 6.77. The van der Waals surface area contributed by atoms with Crippen LogP contribution < -0.4 is 5.32 Å². The van der Waals surface area contributed by atoms with Crippen LogP contribution in [0.25, 0.3) is 0 Å². The Morgan fingerprint density at radius 3 is 2.55 bits per heavy atom. The summed E-state index contributed by atoms with van der Waals surface area (Å²) in [5.41, 5.74) is -0.114. The Kier molecular flexibility index (Phi) is 2.07. The first-order valence-corrected chi connectivity index (χ1v) is 4.05. The van der Waals surface area contributed by atoms with Crippen LogP contribution in [0.2, 0.25) is 0 Å². The molecule has 1 fully saturated rings. The number of nitrogens with one attached hydrogen (secondary N) is 1. The monoisotopic (exact) mass is 157 g/mol. The van der Waals surface area contributed by atoms with Gasteiger partial charge < -0.3 is 10.1 Å². The molecule has 11 heavy (non-hydrogen) atoms. The van der Waals surface area contributed by atoms with Crippen molar-refractivity contribution in [2.24, 2.45) is 5.92 Å². The van der Waals surface area contributed by atoms with Crippen molar-refractivity contribution in [3.8, 4) is 0 Å². The molecule has 64 valence electrons. The lowest BCUT2D eigenvalue weighted by Gasteiger charge is -2.29. The lowest BCUT2D eigenvalue weighted by molar-refractivity contribution is 0.163. The van der Waals surface area contributed by atoms with E-state index in [1.165, 1.54) is 0 Å². The third-order valence-electron chi connectivity index (χ3n) is 2.55. The summed E-state index contributed by atoms with van der Waals surface area (Å²) in [6.07, 6.45) is 0.650. The number of hydrogen-bond donors (Lipinski definition) is 1. The Bertz CT molecular complexity index is 167. The Labute approximate surface area is 67.1 Å². The van der Waals surface area contributed by atoms with Gasteiger partial charge >= 0.3 is 6.09 Å². The topological polar surface area (TPSA) is 38.3 Å². The van der Waals surface area contributed by atoms with Crippen LogP contribution >= 0.6 is 0 Å². The van der Waals surface area contributed by atoms with Crippen LogP contribution in [0.5, 0.6) is 0 Å². The van der Waals surface area contributed by atoms with Crippen molar-refractivity contribution in [3.63, 3.8) is 0 Å². The normalized spacial score (nSPS) is 30.4. The smallest absolute Gasteiger partial charge is 0.407 e. The summed E-state index contributed by atoms with van der Waals surface area (Å²) in [7, 11) is 0. The summed E-state index contributed by atoms with van der Waals surface area (Å²) in [6, 6.07) is 0. The second kappa shape index (κ2) is 2.72. The van der Waals surface area contributed by atoms with E-state index in [1.807, 2.05) is 0 Å². The number of cyclic esters (lactones) is 1. The Morgan fingerprint density at radius 1 is 1.73 bits per heavy atom. The number of carbonyl (C=O) groups is 1. The van der Waals surface area contributed by atoms with E-state index in [1.54, 1.807) is 0 Å². The molecule has 0 spiro atoms. The zero-order valence-corrected chi connectivity index (χ0v) is 7.31. The summed E-state index contributed by atoms with van der Waals surface area (Å²) in [5.74, 6) is 0.430. The molecule has 1 N–H and O–H groups in total. The minimum atomic E-state index is -0.277. The maximum Gasteiger partial charge on any atom is 0.407 e. The zero-order valence-electron chi connectivity index (χ0n) is 7.31. The van der Waals surface area contributed by atoms with Crippen molar-refractivity contribution >= 4 is 6.09 Å². The molecule has 1 atom stereocenters. The summed E-state index contributed by atoms with van der Waals surface area (Å²) < 4.78 is 4.87. The van der Waals surface area contributed by atoms with Gasteiger partial charge in [-0.1, -0.05) is 20.8 Å². The van der Waals surface area contributed by atoms with Crippen molar-refractivity contribution in [3.05, 3.63) is 0 Å². The highest BCUT2D eigenvalue weighted by atomic mass is 16.6. The van der Waals surface area contributed by atoms with Gasteiger partial charge in [0.05, 0.1) is 5.54 Å². The molecule has 3 nitrogen and oxygen atoms in total. The molecule has 1 aliphatic rings. The molecular formula is C8H15NO2. The number of carbonyl (C=O) groups excluding carboxylic acids is 1. The van der Waals surface area contributed by atoms with E-state index in [0.717, 1.165) is 6.42 Å². The van der Waals surface area contributed by atoms with Gasteiger partial charge in [0.25, 0.3) is 0 Å². The number of rotatable bonds is 2. The van der Waals surface area contributed by atoms with Crippen molar-refractivity contribution in [2.75, 3.05) is 6.61 Å². The first kappa shape index (κ1) is 8.37. The van der Waals surface area contributed by atoms with E-state index >= 15 is 0 Å². The maximum atomic E-state index is 10.8. The third kappa shape index (κ3) is 1.32. The van der Waals surface area contributed by atoms with Crippen molar-refractivity contribution in [1.29, 1.82) is 0 Å². The van der Waals surface area contributed by atoms with E-state index in [-0.39, 0.29) is 11.6 Å². The van der Waals surface area contributed by atoms with Crippen LogP contribution in [0.15, 0.2) is 0 Å². The molecule has 3 heteroatoms. The lowest BCUT2D eigenvalue weighted by Crippen LogP contribution is -2.47. The van der Waals surface area contributed by atoms with Gasteiger partial charge in [-0.05, 0) is 12.3 Å². The van der Waals surface area contributed by atoms with Crippen molar-refractivity contribution in [2.45, 2.75) is 32.7 Å². The second-order valence-electron chi connectivity index (χ2n) is 3.37. The highest BCUT2D eigenvalue weighted by Gasteiger charge is 2.40. The first-order valence-electron chi connectivity index (χ1n) is 4.05. The zero-order chi connectivity index (χ0) is 8.48. The summed E-state index contributed by atoms with van der Waals surface area (Å²) >= 11 is 0. The largest absolute Gasteiger partial charge is 0.447 e. The van der Waals surface area contributed by atoms with Gasteiger partial charge in [0.2, 0.25) is 0 Å². The number of ether oxygens (including phenoxy) is 1. The molecule has 0 aromatic carbocycles. The fraction of sp³-hybridized carbons (Fsp3) is 0.875.